The fourth-order valence-electron chi connectivity index (χ4n) is 2.25. The number of methoxy groups -OCH3 is 1. The summed E-state index contributed by atoms with van der Waals surface area (Å²) in [6.45, 7) is 5.63. The summed E-state index contributed by atoms with van der Waals surface area (Å²) in [6, 6.07) is 10.1. The smallest absolute Gasteiger partial charge is 0.139 e. The van der Waals surface area contributed by atoms with Crippen LogP contribution in [0.4, 0.5) is 0 Å². The normalized spacial score (nSPS) is 14.5. The predicted octanol–water partition coefficient (Wildman–Crippen LogP) is 3.45. The lowest BCUT2D eigenvalue weighted by Gasteiger charge is -2.24. The van der Waals surface area contributed by atoms with Gasteiger partial charge in [-0.15, -0.1) is 0 Å². The van der Waals surface area contributed by atoms with Crippen molar-refractivity contribution in [3.63, 3.8) is 0 Å². The number of carbonyl (C=O) groups is 2. The van der Waals surface area contributed by atoms with Gasteiger partial charge in [-0.2, -0.15) is 0 Å². The van der Waals surface area contributed by atoms with Crippen molar-refractivity contribution in [1.82, 2.24) is 0 Å². The maximum atomic E-state index is 12.1. The topological polar surface area (TPSA) is 43.4 Å². The Morgan fingerprint density at radius 2 is 1.86 bits per heavy atom. The summed E-state index contributed by atoms with van der Waals surface area (Å²) in [5.41, 5.74) is 0.797. The van der Waals surface area contributed by atoms with E-state index < -0.39 is 5.41 Å². The molecule has 0 N–H and O–H groups in total. The molecule has 2 unspecified atom stereocenters. The second-order valence-corrected chi connectivity index (χ2v) is 6.48. The largest absolute Gasteiger partial charge is 0.381 e. The second kappa shape index (κ2) is 8.08. The molecule has 3 heteroatoms. The molecule has 0 fully saturated rings. The Bertz CT molecular complexity index is 445. The highest BCUT2D eigenvalue weighted by Crippen LogP contribution is 2.23. The van der Waals surface area contributed by atoms with Crippen LogP contribution in [0, 0.1) is 11.3 Å². The number of hydrogen-bond donors (Lipinski definition) is 0. The molecule has 0 spiro atoms. The maximum absolute atomic E-state index is 12.1. The summed E-state index contributed by atoms with van der Waals surface area (Å²) in [7, 11) is 1.60. The Labute approximate surface area is 127 Å². The Balaban J connectivity index is 2.63. The molecule has 0 bridgehead atoms. The molecule has 0 amide bonds. The van der Waals surface area contributed by atoms with E-state index in [0.717, 1.165) is 19.1 Å². The van der Waals surface area contributed by atoms with Gasteiger partial charge >= 0.3 is 0 Å². The van der Waals surface area contributed by atoms with Crippen molar-refractivity contribution < 1.29 is 14.3 Å². The van der Waals surface area contributed by atoms with E-state index in [9.17, 15) is 9.59 Å². The summed E-state index contributed by atoms with van der Waals surface area (Å²) in [5.74, 6) is -0.271. The molecule has 0 saturated heterocycles. The van der Waals surface area contributed by atoms with Gasteiger partial charge in [-0.25, -0.2) is 0 Å². The van der Waals surface area contributed by atoms with Crippen LogP contribution in [0.25, 0.3) is 0 Å². The molecule has 116 valence electrons. The first kappa shape index (κ1) is 17.6. The van der Waals surface area contributed by atoms with Gasteiger partial charge in [0, 0.05) is 24.9 Å². The molecular formula is C18H26O3. The van der Waals surface area contributed by atoms with Gasteiger partial charge in [0.05, 0.1) is 6.10 Å². The number of benzene rings is 1. The highest BCUT2D eigenvalue weighted by atomic mass is 16.5. The van der Waals surface area contributed by atoms with Gasteiger partial charge in [0.25, 0.3) is 0 Å². The minimum Gasteiger partial charge on any atom is -0.381 e. The van der Waals surface area contributed by atoms with E-state index in [4.69, 9.17) is 4.74 Å². The molecule has 0 aromatic heterocycles. The second-order valence-electron chi connectivity index (χ2n) is 6.48. The van der Waals surface area contributed by atoms with E-state index in [2.05, 4.69) is 12.1 Å². The third kappa shape index (κ3) is 5.80. The van der Waals surface area contributed by atoms with Gasteiger partial charge in [-0.3, -0.25) is 4.79 Å². The molecule has 1 rings (SSSR count). The summed E-state index contributed by atoms with van der Waals surface area (Å²) in [5, 5.41) is 0. The monoisotopic (exact) mass is 290 g/mol. The number of aldehydes is 1. The van der Waals surface area contributed by atoms with Crippen molar-refractivity contribution >= 4 is 12.1 Å². The van der Waals surface area contributed by atoms with Gasteiger partial charge in [-0.05, 0) is 18.4 Å². The first-order valence-electron chi connectivity index (χ1n) is 7.43. The van der Waals surface area contributed by atoms with Crippen LogP contribution in [-0.2, 0) is 20.7 Å². The van der Waals surface area contributed by atoms with Crippen molar-refractivity contribution in [2.45, 2.75) is 46.1 Å². The van der Waals surface area contributed by atoms with Crippen LogP contribution in [0.2, 0.25) is 0 Å². The summed E-state index contributed by atoms with van der Waals surface area (Å²) < 4.78 is 5.46. The number of ketones is 1. The molecule has 3 nitrogen and oxygen atoms in total. The SMILES string of the molecule is COC(CCc1ccccc1)C(C=O)CC(=O)C(C)(C)C. The zero-order valence-corrected chi connectivity index (χ0v) is 13.5. The van der Waals surface area contributed by atoms with Gasteiger partial charge in [0.2, 0.25) is 0 Å². The first-order valence-corrected chi connectivity index (χ1v) is 7.43. The fraction of sp³-hybridized carbons (Fsp3) is 0.556. The zero-order valence-electron chi connectivity index (χ0n) is 13.5. The number of hydrogen-bond acceptors (Lipinski definition) is 3. The molecule has 0 radical (unpaired) electrons. The van der Waals surface area contributed by atoms with Crippen LogP contribution in [0.1, 0.15) is 39.2 Å². The molecule has 0 aliphatic heterocycles. The van der Waals surface area contributed by atoms with E-state index in [1.165, 1.54) is 5.56 Å². The minimum absolute atomic E-state index is 0.0985. The lowest BCUT2D eigenvalue weighted by molar-refractivity contribution is -0.131. The van der Waals surface area contributed by atoms with Crippen LogP contribution >= 0.6 is 0 Å². The Morgan fingerprint density at radius 1 is 1.24 bits per heavy atom. The van der Waals surface area contributed by atoms with Crippen LogP contribution in [-0.4, -0.2) is 25.3 Å². The molecule has 0 aliphatic carbocycles. The van der Waals surface area contributed by atoms with Gasteiger partial charge in [0.15, 0.2) is 0 Å². The standard InChI is InChI=1S/C18H26O3/c1-18(2,3)17(20)12-15(13-19)16(21-4)11-10-14-8-6-5-7-9-14/h5-9,13,15-16H,10-12H2,1-4H3. The van der Waals surface area contributed by atoms with E-state index >= 15 is 0 Å². The molecule has 2 atom stereocenters. The summed E-state index contributed by atoms with van der Waals surface area (Å²) in [6.07, 6.45) is 2.48. The summed E-state index contributed by atoms with van der Waals surface area (Å²) >= 11 is 0. The maximum Gasteiger partial charge on any atom is 0.139 e. The van der Waals surface area contributed by atoms with Crippen molar-refractivity contribution in [1.29, 1.82) is 0 Å². The van der Waals surface area contributed by atoms with Crippen molar-refractivity contribution in [2.75, 3.05) is 7.11 Å². The van der Waals surface area contributed by atoms with Gasteiger partial charge in [0.1, 0.15) is 12.1 Å². The van der Waals surface area contributed by atoms with Crippen LogP contribution < -0.4 is 0 Å². The number of aryl methyl sites for hydroxylation is 1. The molecule has 0 heterocycles. The molecule has 0 saturated carbocycles. The Hall–Kier alpha value is -1.48. The zero-order chi connectivity index (χ0) is 15.9. The number of carbonyl (C=O) groups excluding carboxylic acids is 2. The third-order valence-electron chi connectivity index (χ3n) is 3.77. The average Bonchev–Trinajstić information content (AvgIpc) is 2.46. The average molecular weight is 290 g/mol. The first-order chi connectivity index (χ1) is 9.88. The highest BCUT2D eigenvalue weighted by molar-refractivity contribution is 5.85. The van der Waals surface area contributed by atoms with Gasteiger partial charge < -0.3 is 9.53 Å². The lowest BCUT2D eigenvalue weighted by Crippen LogP contribution is -2.31. The summed E-state index contributed by atoms with van der Waals surface area (Å²) in [4.78, 5) is 23.5. The van der Waals surface area contributed by atoms with Crippen molar-refractivity contribution in [3.8, 4) is 0 Å². The van der Waals surface area contributed by atoms with E-state index in [1.807, 2.05) is 39.0 Å². The minimum atomic E-state index is -0.418. The van der Waals surface area contributed by atoms with Crippen LogP contribution in [0.3, 0.4) is 0 Å². The quantitative estimate of drug-likeness (QED) is 0.689. The fourth-order valence-corrected chi connectivity index (χ4v) is 2.25. The predicted molar refractivity (Wildman–Crippen MR) is 84.2 cm³/mol. The highest BCUT2D eigenvalue weighted by Gasteiger charge is 2.29. The van der Waals surface area contributed by atoms with E-state index in [-0.39, 0.29) is 24.2 Å². The molecule has 1 aromatic carbocycles. The van der Waals surface area contributed by atoms with E-state index in [1.54, 1.807) is 7.11 Å². The molecular weight excluding hydrogens is 264 g/mol. The van der Waals surface area contributed by atoms with E-state index in [0.29, 0.717) is 0 Å². The van der Waals surface area contributed by atoms with Crippen molar-refractivity contribution in [3.05, 3.63) is 35.9 Å². The number of ether oxygens (including phenoxy) is 1. The molecule has 21 heavy (non-hydrogen) atoms. The van der Waals surface area contributed by atoms with Crippen LogP contribution in [0.5, 0.6) is 0 Å². The lowest BCUT2D eigenvalue weighted by atomic mass is 9.83. The number of Topliss-reactive ketones (excluding diaryl/α,β-unsaturated/α-hetero) is 1. The Morgan fingerprint density at radius 3 is 2.33 bits per heavy atom. The molecule has 1 aromatic rings. The molecule has 0 aliphatic rings. The third-order valence-corrected chi connectivity index (χ3v) is 3.77. The van der Waals surface area contributed by atoms with Gasteiger partial charge in [-0.1, -0.05) is 51.1 Å². The number of rotatable bonds is 8. The van der Waals surface area contributed by atoms with Crippen molar-refractivity contribution in [2.24, 2.45) is 11.3 Å². The Kier molecular flexibility index (Phi) is 6.76. The van der Waals surface area contributed by atoms with Crippen LogP contribution in [0.15, 0.2) is 30.3 Å².